The Kier molecular flexibility index (Phi) is 8.23. The molecule has 9 heteroatoms. The number of rotatable bonds is 8. The van der Waals surface area contributed by atoms with Crippen LogP contribution in [0.5, 0.6) is 11.5 Å². The summed E-state index contributed by atoms with van der Waals surface area (Å²) in [4.78, 5) is 28.4. The van der Waals surface area contributed by atoms with Gasteiger partial charge in [0.1, 0.15) is 29.2 Å². The summed E-state index contributed by atoms with van der Waals surface area (Å²) in [5.41, 5.74) is 3.47. The van der Waals surface area contributed by atoms with E-state index < -0.39 is 5.60 Å². The average Bonchev–Trinajstić information content (AvgIpc) is 2.93. The van der Waals surface area contributed by atoms with Gasteiger partial charge in [0.05, 0.1) is 30.5 Å². The number of pyridine rings is 1. The monoisotopic (exact) mass is 541 g/mol. The average molecular weight is 542 g/mol. The molecule has 1 aliphatic heterocycles. The lowest BCUT2D eigenvalue weighted by Gasteiger charge is -2.26. The first-order valence-electron chi connectivity index (χ1n) is 13.5. The van der Waals surface area contributed by atoms with Crippen LogP contribution in [0.3, 0.4) is 0 Å². The molecule has 1 saturated heterocycles. The van der Waals surface area contributed by atoms with Crippen LogP contribution in [0.1, 0.15) is 42.4 Å². The van der Waals surface area contributed by atoms with E-state index in [1.165, 1.54) is 0 Å². The molecule has 208 valence electrons. The van der Waals surface area contributed by atoms with Crippen molar-refractivity contribution in [2.24, 2.45) is 0 Å². The molecular formula is C31H35N5O4. The third-order valence-electron chi connectivity index (χ3n) is 6.50. The van der Waals surface area contributed by atoms with E-state index in [1.807, 2.05) is 58.2 Å². The number of morpholine rings is 1. The first-order valence-corrected chi connectivity index (χ1v) is 13.5. The van der Waals surface area contributed by atoms with Gasteiger partial charge in [0, 0.05) is 42.8 Å². The molecule has 0 unspecified atom stereocenters. The highest BCUT2D eigenvalue weighted by Crippen LogP contribution is 2.30. The van der Waals surface area contributed by atoms with E-state index in [4.69, 9.17) is 14.2 Å². The minimum absolute atomic E-state index is 0.384. The summed E-state index contributed by atoms with van der Waals surface area (Å²) in [7, 11) is 0. The van der Waals surface area contributed by atoms with Gasteiger partial charge < -0.3 is 19.5 Å². The van der Waals surface area contributed by atoms with Crippen LogP contribution in [0.25, 0.3) is 10.9 Å². The number of fused-ring (bicyclic) bond motifs is 1. The molecule has 0 radical (unpaired) electrons. The molecule has 40 heavy (non-hydrogen) atoms. The second-order valence-electron chi connectivity index (χ2n) is 10.9. The van der Waals surface area contributed by atoms with Crippen molar-refractivity contribution in [2.75, 3.05) is 38.2 Å². The second kappa shape index (κ2) is 12.0. The Labute approximate surface area is 234 Å². The van der Waals surface area contributed by atoms with Gasteiger partial charge in [-0.15, -0.1) is 0 Å². The van der Waals surface area contributed by atoms with Crippen molar-refractivity contribution in [3.8, 4) is 11.5 Å². The predicted molar refractivity (Wildman–Crippen MR) is 154 cm³/mol. The quantitative estimate of drug-likeness (QED) is 0.282. The van der Waals surface area contributed by atoms with E-state index in [0.717, 1.165) is 72.9 Å². The van der Waals surface area contributed by atoms with E-state index in [9.17, 15) is 4.79 Å². The third kappa shape index (κ3) is 7.11. The van der Waals surface area contributed by atoms with Crippen LogP contribution in [-0.4, -0.2) is 64.3 Å². The van der Waals surface area contributed by atoms with Gasteiger partial charge in [-0.05, 0) is 75.7 Å². The number of nitrogens with one attached hydrogen (secondary N) is 1. The molecule has 0 atom stereocenters. The van der Waals surface area contributed by atoms with Crippen LogP contribution in [0, 0.1) is 6.92 Å². The van der Waals surface area contributed by atoms with Crippen LogP contribution in [0.4, 0.5) is 11.5 Å². The molecule has 4 aromatic rings. The van der Waals surface area contributed by atoms with E-state index in [1.54, 1.807) is 24.5 Å². The van der Waals surface area contributed by atoms with Gasteiger partial charge in [-0.25, -0.2) is 14.8 Å². The topological polar surface area (TPSA) is 98.7 Å². The van der Waals surface area contributed by atoms with Crippen molar-refractivity contribution in [3.63, 3.8) is 0 Å². The Morgan fingerprint density at radius 1 is 1.05 bits per heavy atom. The summed E-state index contributed by atoms with van der Waals surface area (Å²) in [6.07, 6.45) is 4.21. The Morgan fingerprint density at radius 3 is 2.65 bits per heavy atom. The highest BCUT2D eigenvalue weighted by molar-refractivity contribution is 5.91. The summed E-state index contributed by atoms with van der Waals surface area (Å²) in [5, 5.41) is 4.36. The first-order chi connectivity index (χ1) is 19.2. The highest BCUT2D eigenvalue weighted by atomic mass is 16.6. The summed E-state index contributed by atoms with van der Waals surface area (Å²) in [6.45, 7) is 11.9. The molecule has 2 aromatic carbocycles. The standard InChI is InChI=1S/C31H35N5O4/c1-21-16-24(8-9-28(21)39-25-7-5-6-22(17-25)30(37)40-31(2,3)4)35-29-26-18-23(32-19-27(26)33-20-34-29)10-11-36-12-14-38-15-13-36/h5-9,16-20H,10-15H2,1-4H3,(H,33,34,35). The zero-order valence-electron chi connectivity index (χ0n) is 23.4. The number of aromatic nitrogens is 3. The molecule has 5 rings (SSSR count). The Bertz CT molecular complexity index is 1500. The summed E-state index contributed by atoms with van der Waals surface area (Å²) in [5.74, 6) is 1.59. The van der Waals surface area contributed by atoms with E-state index in [-0.39, 0.29) is 5.97 Å². The number of aryl methyl sites for hydroxylation is 1. The number of nitrogens with zero attached hydrogens (tertiary/aromatic N) is 4. The lowest BCUT2D eigenvalue weighted by atomic mass is 10.1. The van der Waals surface area contributed by atoms with Crippen LogP contribution in [-0.2, 0) is 15.9 Å². The molecule has 1 N–H and O–H groups in total. The van der Waals surface area contributed by atoms with Gasteiger partial charge in [0.15, 0.2) is 0 Å². The van der Waals surface area contributed by atoms with Crippen molar-refractivity contribution in [3.05, 3.63) is 77.9 Å². The lowest BCUT2D eigenvalue weighted by Crippen LogP contribution is -2.37. The minimum atomic E-state index is -0.566. The van der Waals surface area contributed by atoms with Crippen LogP contribution < -0.4 is 10.1 Å². The summed E-state index contributed by atoms with van der Waals surface area (Å²) >= 11 is 0. The van der Waals surface area contributed by atoms with Gasteiger partial charge >= 0.3 is 5.97 Å². The van der Waals surface area contributed by atoms with Gasteiger partial charge in [0.25, 0.3) is 0 Å². The maximum absolute atomic E-state index is 12.5. The molecule has 0 spiro atoms. The summed E-state index contributed by atoms with van der Waals surface area (Å²) in [6, 6.07) is 14.9. The molecule has 2 aromatic heterocycles. The molecule has 1 aliphatic rings. The van der Waals surface area contributed by atoms with Gasteiger partial charge in [-0.3, -0.25) is 9.88 Å². The largest absolute Gasteiger partial charge is 0.457 e. The lowest BCUT2D eigenvalue weighted by molar-refractivity contribution is 0.00691. The van der Waals surface area contributed by atoms with Crippen molar-refractivity contribution >= 4 is 28.4 Å². The predicted octanol–water partition coefficient (Wildman–Crippen LogP) is 5.70. The van der Waals surface area contributed by atoms with Crippen LogP contribution >= 0.6 is 0 Å². The van der Waals surface area contributed by atoms with Crippen molar-refractivity contribution in [1.29, 1.82) is 0 Å². The van der Waals surface area contributed by atoms with Crippen molar-refractivity contribution in [1.82, 2.24) is 19.9 Å². The number of hydrogen-bond donors (Lipinski definition) is 1. The molecule has 1 fully saturated rings. The molecule has 0 amide bonds. The number of carbonyl (C=O) groups is 1. The van der Waals surface area contributed by atoms with Crippen molar-refractivity contribution in [2.45, 2.75) is 39.7 Å². The Balaban J connectivity index is 1.29. The number of esters is 1. The smallest absolute Gasteiger partial charge is 0.338 e. The fraction of sp³-hybridized carbons (Fsp3) is 0.355. The third-order valence-corrected chi connectivity index (χ3v) is 6.50. The number of carbonyl (C=O) groups excluding carboxylic acids is 1. The van der Waals surface area contributed by atoms with E-state index >= 15 is 0 Å². The first kappa shape index (κ1) is 27.5. The Hall–Kier alpha value is -4.08. The minimum Gasteiger partial charge on any atom is -0.457 e. The maximum Gasteiger partial charge on any atom is 0.338 e. The zero-order chi connectivity index (χ0) is 28.1. The molecular weight excluding hydrogens is 506 g/mol. The second-order valence-corrected chi connectivity index (χ2v) is 10.9. The molecule has 3 heterocycles. The number of ether oxygens (including phenoxy) is 3. The van der Waals surface area contributed by atoms with Crippen LogP contribution in [0.15, 0.2) is 61.1 Å². The Morgan fingerprint density at radius 2 is 1.88 bits per heavy atom. The SMILES string of the molecule is Cc1cc(Nc2ncnc3cnc(CCN4CCOCC4)cc23)ccc1Oc1cccc(C(=O)OC(C)(C)C)c1. The molecule has 9 nitrogen and oxygen atoms in total. The number of hydrogen-bond acceptors (Lipinski definition) is 9. The molecule has 0 bridgehead atoms. The van der Waals surface area contributed by atoms with Crippen LogP contribution in [0.2, 0.25) is 0 Å². The normalized spacial score (nSPS) is 14.2. The molecule has 0 aliphatic carbocycles. The highest BCUT2D eigenvalue weighted by Gasteiger charge is 2.18. The maximum atomic E-state index is 12.5. The molecule has 0 saturated carbocycles. The van der Waals surface area contributed by atoms with Gasteiger partial charge in [-0.1, -0.05) is 6.07 Å². The van der Waals surface area contributed by atoms with Crippen molar-refractivity contribution < 1.29 is 19.0 Å². The number of benzene rings is 2. The van der Waals surface area contributed by atoms with E-state index in [0.29, 0.717) is 17.1 Å². The fourth-order valence-corrected chi connectivity index (χ4v) is 4.47. The van der Waals surface area contributed by atoms with Gasteiger partial charge in [0.2, 0.25) is 0 Å². The zero-order valence-corrected chi connectivity index (χ0v) is 23.4. The fourth-order valence-electron chi connectivity index (χ4n) is 4.47. The summed E-state index contributed by atoms with van der Waals surface area (Å²) < 4.78 is 17.0. The van der Waals surface area contributed by atoms with E-state index in [2.05, 4.69) is 31.2 Å². The number of anilines is 2. The van der Waals surface area contributed by atoms with Gasteiger partial charge in [-0.2, -0.15) is 0 Å².